The molecule has 0 aliphatic rings. The van der Waals surface area contributed by atoms with E-state index >= 15 is 0 Å². The van der Waals surface area contributed by atoms with Crippen molar-refractivity contribution in [1.29, 1.82) is 0 Å². The van der Waals surface area contributed by atoms with Crippen LogP contribution >= 0.6 is 15.9 Å². The van der Waals surface area contributed by atoms with E-state index < -0.39 is 0 Å². The van der Waals surface area contributed by atoms with Gasteiger partial charge in [-0.2, -0.15) is 0 Å². The van der Waals surface area contributed by atoms with E-state index in [1.807, 2.05) is 60.7 Å². The van der Waals surface area contributed by atoms with Gasteiger partial charge in [0.05, 0.1) is 0 Å². The molecule has 0 saturated heterocycles. The highest BCUT2D eigenvalue weighted by Gasteiger charge is 2.01. The number of hydrogen-bond donors (Lipinski definition) is 0. The van der Waals surface area contributed by atoms with Crippen molar-refractivity contribution in [2.75, 3.05) is 0 Å². The van der Waals surface area contributed by atoms with E-state index in [1.165, 1.54) is 11.1 Å². The second kappa shape index (κ2) is 7.21. The van der Waals surface area contributed by atoms with Crippen molar-refractivity contribution in [2.45, 2.75) is 0 Å². The third kappa shape index (κ3) is 4.05. The monoisotopic (exact) mass is 362 g/mol. The molecule has 0 spiro atoms. The molecule has 2 heteroatoms. The first-order valence-electron chi connectivity index (χ1n) is 7.36. The highest BCUT2D eigenvalue weighted by Crippen LogP contribution is 2.20. The van der Waals surface area contributed by atoms with E-state index in [1.54, 1.807) is 6.08 Å². The van der Waals surface area contributed by atoms with Crippen LogP contribution in [0.3, 0.4) is 0 Å². The third-order valence-electron chi connectivity index (χ3n) is 3.57. The summed E-state index contributed by atoms with van der Waals surface area (Å²) in [5, 5.41) is 0. The average molecular weight is 363 g/mol. The normalized spacial score (nSPS) is 10.8. The molecule has 3 aromatic rings. The van der Waals surface area contributed by atoms with Crippen molar-refractivity contribution in [2.24, 2.45) is 0 Å². The summed E-state index contributed by atoms with van der Waals surface area (Å²) >= 11 is 3.37. The molecule has 0 radical (unpaired) electrons. The highest BCUT2D eigenvalue weighted by molar-refractivity contribution is 9.10. The maximum Gasteiger partial charge on any atom is 0.185 e. The van der Waals surface area contributed by atoms with Crippen molar-refractivity contribution in [3.63, 3.8) is 0 Å². The zero-order chi connectivity index (χ0) is 16.1. The maximum atomic E-state index is 12.1. The molecular formula is C21H15BrO. The predicted molar refractivity (Wildman–Crippen MR) is 99.4 cm³/mol. The number of carbonyl (C=O) groups excluding carboxylic acids is 1. The Labute approximate surface area is 144 Å². The van der Waals surface area contributed by atoms with Gasteiger partial charge in [0.15, 0.2) is 5.78 Å². The van der Waals surface area contributed by atoms with E-state index in [-0.39, 0.29) is 5.78 Å². The molecule has 0 aromatic heterocycles. The lowest BCUT2D eigenvalue weighted by Gasteiger charge is -2.02. The van der Waals surface area contributed by atoms with Crippen LogP contribution in [-0.2, 0) is 0 Å². The number of hydrogen-bond acceptors (Lipinski definition) is 1. The Hall–Kier alpha value is -2.45. The molecule has 112 valence electrons. The first-order chi connectivity index (χ1) is 11.2. The first-order valence-corrected chi connectivity index (χ1v) is 8.15. The minimum absolute atomic E-state index is 0.00429. The Bertz CT molecular complexity index is 816. The fourth-order valence-electron chi connectivity index (χ4n) is 2.30. The molecule has 1 nitrogen and oxygen atoms in total. The summed E-state index contributed by atoms with van der Waals surface area (Å²) in [6.45, 7) is 0. The lowest BCUT2D eigenvalue weighted by molar-refractivity contribution is 0.104. The maximum absolute atomic E-state index is 12.1. The topological polar surface area (TPSA) is 17.1 Å². The summed E-state index contributed by atoms with van der Waals surface area (Å²) in [7, 11) is 0. The zero-order valence-electron chi connectivity index (χ0n) is 12.4. The Morgan fingerprint density at radius 1 is 0.739 bits per heavy atom. The fraction of sp³-hybridized carbons (Fsp3) is 0. The first kappa shape index (κ1) is 15.4. The van der Waals surface area contributed by atoms with Crippen molar-refractivity contribution < 1.29 is 4.79 Å². The number of rotatable bonds is 4. The smallest absolute Gasteiger partial charge is 0.185 e. The lowest BCUT2D eigenvalue weighted by atomic mass is 10.0. The molecule has 3 aromatic carbocycles. The number of carbonyl (C=O) groups is 1. The SMILES string of the molecule is O=C(C=Cc1ccc(-c2ccccc2)cc1)c1ccc(Br)cc1. The van der Waals surface area contributed by atoms with Crippen LogP contribution in [0.2, 0.25) is 0 Å². The molecule has 0 atom stereocenters. The van der Waals surface area contributed by atoms with Crippen molar-refractivity contribution >= 4 is 27.8 Å². The summed E-state index contributed by atoms with van der Waals surface area (Å²) in [6.07, 6.45) is 3.46. The number of allylic oxidation sites excluding steroid dienone is 1. The Kier molecular flexibility index (Phi) is 4.84. The minimum atomic E-state index is 0.00429. The van der Waals surface area contributed by atoms with Crippen molar-refractivity contribution in [3.8, 4) is 11.1 Å². The standard InChI is InChI=1S/C21H15BrO/c22-20-13-11-19(12-14-20)21(23)15-8-16-6-9-18(10-7-16)17-4-2-1-3-5-17/h1-15H. The number of ketones is 1. The van der Waals surface area contributed by atoms with E-state index in [0.717, 1.165) is 10.0 Å². The van der Waals surface area contributed by atoms with Gasteiger partial charge >= 0.3 is 0 Å². The van der Waals surface area contributed by atoms with Gasteiger partial charge in [0.2, 0.25) is 0 Å². The fourth-order valence-corrected chi connectivity index (χ4v) is 2.56. The van der Waals surface area contributed by atoms with Crippen LogP contribution in [0.1, 0.15) is 15.9 Å². The second-order valence-electron chi connectivity index (χ2n) is 5.19. The van der Waals surface area contributed by atoms with Gasteiger partial charge in [-0.15, -0.1) is 0 Å². The highest BCUT2D eigenvalue weighted by atomic mass is 79.9. The summed E-state index contributed by atoms with van der Waals surface area (Å²) < 4.78 is 0.967. The Morgan fingerprint density at radius 2 is 1.35 bits per heavy atom. The Balaban J connectivity index is 1.73. The van der Waals surface area contributed by atoms with Crippen LogP contribution in [0.25, 0.3) is 17.2 Å². The van der Waals surface area contributed by atoms with Gasteiger partial charge in [0.1, 0.15) is 0 Å². The molecule has 0 saturated carbocycles. The van der Waals surface area contributed by atoms with E-state index in [9.17, 15) is 4.79 Å². The second-order valence-corrected chi connectivity index (χ2v) is 6.11. The quantitative estimate of drug-likeness (QED) is 0.410. The van der Waals surface area contributed by atoms with Crippen LogP contribution < -0.4 is 0 Å². The largest absolute Gasteiger partial charge is 0.289 e. The van der Waals surface area contributed by atoms with Gasteiger partial charge in [0.25, 0.3) is 0 Å². The van der Waals surface area contributed by atoms with Gasteiger partial charge in [-0.25, -0.2) is 0 Å². The van der Waals surface area contributed by atoms with Crippen molar-refractivity contribution in [1.82, 2.24) is 0 Å². The number of halogens is 1. The minimum Gasteiger partial charge on any atom is -0.289 e. The lowest BCUT2D eigenvalue weighted by Crippen LogP contribution is -1.93. The van der Waals surface area contributed by atoms with Crippen LogP contribution in [0.5, 0.6) is 0 Å². The summed E-state index contributed by atoms with van der Waals surface area (Å²) in [6, 6.07) is 25.8. The van der Waals surface area contributed by atoms with Gasteiger partial charge in [-0.05, 0) is 47.0 Å². The molecule has 0 aliphatic heterocycles. The molecule has 0 N–H and O–H groups in total. The molecule has 0 unspecified atom stereocenters. The zero-order valence-corrected chi connectivity index (χ0v) is 14.0. The van der Waals surface area contributed by atoms with Gasteiger partial charge in [0, 0.05) is 10.0 Å². The third-order valence-corrected chi connectivity index (χ3v) is 4.10. The van der Waals surface area contributed by atoms with Crippen LogP contribution in [-0.4, -0.2) is 5.78 Å². The predicted octanol–water partition coefficient (Wildman–Crippen LogP) is 6.01. The molecule has 0 heterocycles. The molecule has 0 bridgehead atoms. The van der Waals surface area contributed by atoms with Gasteiger partial charge in [-0.3, -0.25) is 4.79 Å². The number of benzene rings is 3. The van der Waals surface area contributed by atoms with E-state index in [2.05, 4.69) is 40.2 Å². The van der Waals surface area contributed by atoms with E-state index in [0.29, 0.717) is 5.56 Å². The van der Waals surface area contributed by atoms with Crippen LogP contribution in [0, 0.1) is 0 Å². The van der Waals surface area contributed by atoms with Gasteiger partial charge < -0.3 is 0 Å². The van der Waals surface area contributed by atoms with E-state index in [4.69, 9.17) is 0 Å². The molecule has 23 heavy (non-hydrogen) atoms. The molecule has 0 aliphatic carbocycles. The molecular weight excluding hydrogens is 348 g/mol. The van der Waals surface area contributed by atoms with Crippen LogP contribution in [0.15, 0.2) is 89.4 Å². The molecule has 3 rings (SSSR count). The van der Waals surface area contributed by atoms with Crippen molar-refractivity contribution in [3.05, 3.63) is 101 Å². The average Bonchev–Trinajstić information content (AvgIpc) is 2.61. The summed E-state index contributed by atoms with van der Waals surface area (Å²) in [4.78, 5) is 12.1. The van der Waals surface area contributed by atoms with Crippen LogP contribution in [0.4, 0.5) is 0 Å². The summed E-state index contributed by atoms with van der Waals surface area (Å²) in [5.41, 5.74) is 4.05. The summed E-state index contributed by atoms with van der Waals surface area (Å²) in [5.74, 6) is 0.00429. The van der Waals surface area contributed by atoms with Gasteiger partial charge in [-0.1, -0.05) is 76.6 Å². The molecule has 0 fully saturated rings. The Morgan fingerprint density at radius 3 is 2.00 bits per heavy atom. The molecule has 0 amide bonds.